The van der Waals surface area contributed by atoms with Crippen LogP contribution in [0.15, 0.2) is 54.3 Å². The monoisotopic (exact) mass is 312 g/mol. The van der Waals surface area contributed by atoms with Gasteiger partial charge in [-0.25, -0.2) is 4.79 Å². The number of hydrogen-bond donors (Lipinski definition) is 2. The topological polar surface area (TPSA) is 76.0 Å². The van der Waals surface area contributed by atoms with Gasteiger partial charge in [-0.2, -0.15) is 0 Å². The van der Waals surface area contributed by atoms with Crippen LogP contribution in [0.2, 0.25) is 0 Å². The Bertz CT molecular complexity index is 812. The molecule has 2 aliphatic rings. The lowest BCUT2D eigenvalue weighted by molar-refractivity contribution is -0.152. The molecule has 2 aromatic rings. The summed E-state index contributed by atoms with van der Waals surface area (Å²) in [5.41, 5.74) is -0.739. The molecule has 2 bridgehead atoms. The van der Waals surface area contributed by atoms with Crippen molar-refractivity contribution in [3.8, 4) is 0 Å². The van der Waals surface area contributed by atoms with Gasteiger partial charge in [-0.05, 0) is 28.5 Å². The zero-order valence-corrected chi connectivity index (χ0v) is 12.3. The molecule has 1 aliphatic heterocycles. The summed E-state index contributed by atoms with van der Waals surface area (Å²) in [6.45, 7) is 0.241. The molecule has 5 heteroatoms. The highest BCUT2D eigenvalue weighted by Gasteiger charge is 2.54. The van der Waals surface area contributed by atoms with Crippen LogP contribution in [-0.4, -0.2) is 34.0 Å². The summed E-state index contributed by atoms with van der Waals surface area (Å²) < 4.78 is 10.6. The summed E-state index contributed by atoms with van der Waals surface area (Å²) in [5.74, 6) is -0.548. The van der Waals surface area contributed by atoms with Crippen LogP contribution < -0.4 is 0 Å². The number of esters is 1. The van der Waals surface area contributed by atoms with Crippen LogP contribution in [-0.2, 0) is 20.9 Å². The van der Waals surface area contributed by atoms with Crippen molar-refractivity contribution in [2.45, 2.75) is 30.8 Å². The van der Waals surface area contributed by atoms with Gasteiger partial charge in [-0.15, -0.1) is 0 Å². The fraction of sp³-hybridized carbons (Fsp3) is 0.278. The second kappa shape index (κ2) is 5.08. The number of aliphatic hydroxyl groups excluding tert-OH is 1. The number of hydrogen-bond acceptors (Lipinski definition) is 5. The maximum Gasteiger partial charge on any atom is 0.342 e. The third-order valence-electron chi connectivity index (χ3n) is 4.37. The lowest BCUT2D eigenvalue weighted by Gasteiger charge is -2.26. The van der Waals surface area contributed by atoms with Crippen molar-refractivity contribution in [2.75, 3.05) is 0 Å². The average Bonchev–Trinajstić information content (AvgIpc) is 2.81. The number of benzene rings is 2. The first-order chi connectivity index (χ1) is 11.0. The summed E-state index contributed by atoms with van der Waals surface area (Å²) in [7, 11) is 0. The number of carbonyl (C=O) groups is 1. The van der Waals surface area contributed by atoms with E-state index in [0.717, 1.165) is 16.3 Å². The number of fused-ring (bicyclic) bond motifs is 3. The van der Waals surface area contributed by atoms with Crippen molar-refractivity contribution in [1.82, 2.24) is 0 Å². The van der Waals surface area contributed by atoms with Crippen molar-refractivity contribution >= 4 is 16.7 Å². The second-order valence-corrected chi connectivity index (χ2v) is 6.03. The number of rotatable bonds is 3. The molecule has 2 aromatic carbocycles. The molecule has 5 nitrogen and oxygen atoms in total. The van der Waals surface area contributed by atoms with E-state index >= 15 is 0 Å². The van der Waals surface area contributed by atoms with Crippen LogP contribution in [0.5, 0.6) is 0 Å². The minimum absolute atomic E-state index is 0.0653. The van der Waals surface area contributed by atoms with Gasteiger partial charge in [0.05, 0.1) is 0 Å². The van der Waals surface area contributed by atoms with Crippen molar-refractivity contribution in [2.24, 2.45) is 0 Å². The van der Waals surface area contributed by atoms with Crippen LogP contribution in [0.3, 0.4) is 0 Å². The molecule has 1 heterocycles. The largest absolute Gasteiger partial charge is 0.491 e. The second-order valence-electron chi connectivity index (χ2n) is 6.03. The van der Waals surface area contributed by atoms with Crippen LogP contribution >= 0.6 is 0 Å². The van der Waals surface area contributed by atoms with Gasteiger partial charge in [0, 0.05) is 6.42 Å². The van der Waals surface area contributed by atoms with Gasteiger partial charge in [-0.1, -0.05) is 36.4 Å². The highest BCUT2D eigenvalue weighted by Crippen LogP contribution is 2.37. The smallest absolute Gasteiger partial charge is 0.342 e. The molecule has 4 rings (SSSR count). The lowest BCUT2D eigenvalue weighted by atomic mass is 9.89. The predicted octanol–water partition coefficient (Wildman–Crippen LogP) is 1.66. The molecule has 0 amide bonds. The first-order valence-electron chi connectivity index (χ1n) is 7.50. The van der Waals surface area contributed by atoms with Gasteiger partial charge in [0.2, 0.25) is 0 Å². The number of aliphatic hydroxyl groups is 2. The van der Waals surface area contributed by atoms with Gasteiger partial charge in [-0.3, -0.25) is 0 Å². The van der Waals surface area contributed by atoms with Gasteiger partial charge >= 0.3 is 5.97 Å². The Morgan fingerprint density at radius 3 is 2.83 bits per heavy atom. The van der Waals surface area contributed by atoms with Gasteiger partial charge in [0.25, 0.3) is 0 Å². The van der Waals surface area contributed by atoms with E-state index in [1.807, 2.05) is 42.5 Å². The van der Waals surface area contributed by atoms with Gasteiger partial charge in [0.1, 0.15) is 24.6 Å². The molecule has 0 radical (unpaired) electrons. The van der Waals surface area contributed by atoms with E-state index in [0.29, 0.717) is 0 Å². The Kier molecular flexibility index (Phi) is 3.14. The Morgan fingerprint density at radius 2 is 2.00 bits per heavy atom. The molecule has 3 atom stereocenters. The van der Waals surface area contributed by atoms with Crippen molar-refractivity contribution in [3.05, 3.63) is 59.9 Å². The Morgan fingerprint density at radius 1 is 1.22 bits per heavy atom. The maximum absolute atomic E-state index is 11.6. The fourth-order valence-electron chi connectivity index (χ4n) is 3.09. The minimum Gasteiger partial charge on any atom is -0.491 e. The quantitative estimate of drug-likeness (QED) is 0.843. The third-order valence-corrected chi connectivity index (χ3v) is 4.37. The van der Waals surface area contributed by atoms with Crippen molar-refractivity contribution in [3.63, 3.8) is 0 Å². The normalized spacial score (nSPS) is 29.3. The summed E-state index contributed by atoms with van der Waals surface area (Å²) in [5, 5.41) is 22.6. The molecule has 2 N–H and O–H groups in total. The maximum atomic E-state index is 11.6. The van der Waals surface area contributed by atoms with Crippen LogP contribution in [0.4, 0.5) is 0 Å². The van der Waals surface area contributed by atoms with Crippen molar-refractivity contribution < 1.29 is 24.5 Å². The summed E-state index contributed by atoms with van der Waals surface area (Å²) in [6.07, 6.45) is -0.452. The summed E-state index contributed by atoms with van der Waals surface area (Å²) >= 11 is 0. The molecule has 0 saturated carbocycles. The van der Waals surface area contributed by atoms with Gasteiger partial charge in [0.15, 0.2) is 5.60 Å². The first-order valence-corrected chi connectivity index (χ1v) is 7.50. The van der Waals surface area contributed by atoms with E-state index in [9.17, 15) is 15.0 Å². The molecule has 0 spiro atoms. The van der Waals surface area contributed by atoms with E-state index in [4.69, 9.17) is 9.47 Å². The number of ether oxygens (including phenoxy) is 2. The fourth-order valence-corrected chi connectivity index (χ4v) is 3.09. The summed E-state index contributed by atoms with van der Waals surface area (Å²) in [6, 6.07) is 14.0. The lowest BCUT2D eigenvalue weighted by Crippen LogP contribution is -2.38. The SMILES string of the molecule is O=C1O[C@@H]2C[C@]1(O)C=C(OCc1ccc3ccccc3c1)[C@H]2O. The van der Waals surface area contributed by atoms with Crippen LogP contribution in [0.1, 0.15) is 12.0 Å². The van der Waals surface area contributed by atoms with Crippen LogP contribution in [0, 0.1) is 0 Å². The third kappa shape index (κ3) is 2.38. The van der Waals surface area contributed by atoms with E-state index in [2.05, 4.69) is 0 Å². The standard InChI is InChI=1S/C18H16O5/c19-16-14(8-18(21)9-15(16)23-17(18)20)22-10-11-5-6-12-3-1-2-4-13(12)7-11/h1-8,15-16,19,21H,9-10H2/t15-,16-,18-/m1/s1. The highest BCUT2D eigenvalue weighted by molar-refractivity contribution is 5.85. The zero-order chi connectivity index (χ0) is 16.0. The van der Waals surface area contributed by atoms with Crippen molar-refractivity contribution in [1.29, 1.82) is 0 Å². The Balaban J connectivity index is 1.55. The molecular formula is C18H16O5. The predicted molar refractivity (Wildman–Crippen MR) is 82.3 cm³/mol. The molecule has 1 fully saturated rings. The molecule has 23 heavy (non-hydrogen) atoms. The van der Waals surface area contributed by atoms with E-state index in [1.54, 1.807) is 0 Å². The molecule has 0 aromatic heterocycles. The molecule has 1 aliphatic carbocycles. The Hall–Kier alpha value is -2.37. The van der Waals surface area contributed by atoms with E-state index in [1.165, 1.54) is 6.08 Å². The van der Waals surface area contributed by atoms with Crippen LogP contribution in [0.25, 0.3) is 10.8 Å². The van der Waals surface area contributed by atoms with E-state index < -0.39 is 23.8 Å². The zero-order valence-electron chi connectivity index (χ0n) is 12.3. The molecule has 118 valence electrons. The average molecular weight is 312 g/mol. The first kappa shape index (κ1) is 14.2. The highest BCUT2D eigenvalue weighted by atomic mass is 16.6. The van der Waals surface area contributed by atoms with E-state index in [-0.39, 0.29) is 18.8 Å². The molecule has 0 unspecified atom stereocenters. The Labute approximate surface area is 132 Å². The minimum atomic E-state index is -1.68. The number of carbonyl (C=O) groups excluding carboxylic acids is 1. The van der Waals surface area contributed by atoms with Gasteiger partial charge < -0.3 is 19.7 Å². The molecule has 1 saturated heterocycles. The summed E-state index contributed by atoms with van der Waals surface area (Å²) in [4.78, 5) is 11.6. The molecular weight excluding hydrogens is 296 g/mol.